The van der Waals surface area contributed by atoms with Crippen LogP contribution in [0.2, 0.25) is 0 Å². The number of carbonyl (C=O) groups is 1. The third-order valence-electron chi connectivity index (χ3n) is 4.03. The molecule has 0 aliphatic carbocycles. The monoisotopic (exact) mass is 295 g/mol. The topological polar surface area (TPSA) is 52.3 Å². The van der Waals surface area contributed by atoms with Gasteiger partial charge in [-0.1, -0.05) is 26.3 Å². The summed E-state index contributed by atoms with van der Waals surface area (Å²) in [6, 6.07) is 4.12. The standard InChI is InChI=1S/C17H26FNO2/c1-6-10(2)16(13(5)21-17(20)12(4)19)15-8-7-14(18)9-11(15)3/h7-10,12-13,16H,6,19H2,1-5H3/t10?,12-,13-,16+/m0/s1. The van der Waals surface area contributed by atoms with Crippen LogP contribution in [-0.2, 0) is 9.53 Å². The van der Waals surface area contributed by atoms with E-state index in [1.165, 1.54) is 12.1 Å². The zero-order chi connectivity index (χ0) is 16.2. The maximum absolute atomic E-state index is 13.3. The summed E-state index contributed by atoms with van der Waals surface area (Å²) in [6.45, 7) is 9.57. The summed E-state index contributed by atoms with van der Waals surface area (Å²) in [6.07, 6.45) is 0.643. The highest BCUT2D eigenvalue weighted by atomic mass is 19.1. The molecule has 0 saturated carbocycles. The second kappa shape index (κ2) is 7.55. The van der Waals surface area contributed by atoms with Crippen LogP contribution in [0.3, 0.4) is 0 Å². The van der Waals surface area contributed by atoms with Crippen molar-refractivity contribution in [2.75, 3.05) is 0 Å². The van der Waals surface area contributed by atoms with E-state index in [2.05, 4.69) is 13.8 Å². The number of halogens is 1. The smallest absolute Gasteiger partial charge is 0.322 e. The van der Waals surface area contributed by atoms with E-state index in [0.717, 1.165) is 17.5 Å². The van der Waals surface area contributed by atoms with Gasteiger partial charge in [-0.3, -0.25) is 4.79 Å². The number of hydrogen-bond acceptors (Lipinski definition) is 3. The number of ether oxygens (including phenoxy) is 1. The summed E-state index contributed by atoms with van der Waals surface area (Å²) in [5.74, 6) is -0.321. The molecule has 4 heteroatoms. The average Bonchev–Trinajstić information content (AvgIpc) is 2.40. The molecule has 0 aromatic heterocycles. The molecule has 21 heavy (non-hydrogen) atoms. The van der Waals surface area contributed by atoms with Gasteiger partial charge in [-0.2, -0.15) is 0 Å². The molecule has 0 aliphatic heterocycles. The quantitative estimate of drug-likeness (QED) is 0.817. The molecule has 118 valence electrons. The fraction of sp³-hybridized carbons (Fsp3) is 0.588. The molecule has 1 aromatic rings. The lowest BCUT2D eigenvalue weighted by Gasteiger charge is -2.31. The summed E-state index contributed by atoms with van der Waals surface area (Å²) in [4.78, 5) is 11.7. The van der Waals surface area contributed by atoms with Gasteiger partial charge in [0.2, 0.25) is 0 Å². The number of rotatable bonds is 6. The van der Waals surface area contributed by atoms with E-state index in [9.17, 15) is 9.18 Å². The lowest BCUT2D eigenvalue weighted by molar-refractivity contribution is -0.151. The zero-order valence-electron chi connectivity index (χ0n) is 13.5. The molecule has 4 atom stereocenters. The van der Waals surface area contributed by atoms with Crippen molar-refractivity contribution in [3.63, 3.8) is 0 Å². The van der Waals surface area contributed by atoms with Crippen molar-refractivity contribution in [3.8, 4) is 0 Å². The van der Waals surface area contributed by atoms with Gasteiger partial charge in [0.1, 0.15) is 18.0 Å². The molecule has 1 rings (SSSR count). The number of carbonyl (C=O) groups excluding carboxylic acids is 1. The lowest BCUT2D eigenvalue weighted by Crippen LogP contribution is -2.35. The SMILES string of the molecule is CCC(C)[C@@H](c1ccc(F)cc1C)[C@H](C)OC(=O)[C@H](C)N. The zero-order valence-corrected chi connectivity index (χ0v) is 13.5. The first kappa shape index (κ1) is 17.6. The molecule has 2 N–H and O–H groups in total. The second-order valence-corrected chi connectivity index (χ2v) is 5.84. The molecular formula is C17H26FNO2. The van der Waals surface area contributed by atoms with Gasteiger partial charge in [0.15, 0.2) is 0 Å². The molecule has 3 nitrogen and oxygen atoms in total. The third kappa shape index (κ3) is 4.53. The van der Waals surface area contributed by atoms with Gasteiger partial charge in [-0.15, -0.1) is 0 Å². The number of aryl methyl sites for hydroxylation is 1. The number of benzene rings is 1. The van der Waals surface area contributed by atoms with E-state index < -0.39 is 12.0 Å². The van der Waals surface area contributed by atoms with Crippen molar-refractivity contribution in [2.45, 2.75) is 59.1 Å². The van der Waals surface area contributed by atoms with Crippen molar-refractivity contribution in [2.24, 2.45) is 11.7 Å². The van der Waals surface area contributed by atoms with Crippen molar-refractivity contribution in [1.82, 2.24) is 0 Å². The van der Waals surface area contributed by atoms with E-state index in [1.54, 1.807) is 13.0 Å². The molecule has 1 aromatic carbocycles. The second-order valence-electron chi connectivity index (χ2n) is 5.84. The van der Waals surface area contributed by atoms with Crippen LogP contribution in [0.4, 0.5) is 4.39 Å². The van der Waals surface area contributed by atoms with Gasteiger partial charge in [-0.05, 0) is 49.9 Å². The van der Waals surface area contributed by atoms with E-state index in [1.807, 2.05) is 13.8 Å². The number of esters is 1. The van der Waals surface area contributed by atoms with Crippen molar-refractivity contribution >= 4 is 5.97 Å². The highest BCUT2D eigenvalue weighted by molar-refractivity contribution is 5.75. The van der Waals surface area contributed by atoms with E-state index in [0.29, 0.717) is 5.92 Å². The summed E-state index contributed by atoms with van der Waals surface area (Å²) in [7, 11) is 0. The number of nitrogens with two attached hydrogens (primary N) is 1. The first-order valence-electron chi connectivity index (χ1n) is 7.50. The lowest BCUT2D eigenvalue weighted by atomic mass is 9.80. The molecule has 0 spiro atoms. The Hall–Kier alpha value is -1.42. The Balaban J connectivity index is 3.08. The molecule has 0 radical (unpaired) electrons. The Morgan fingerprint density at radius 1 is 1.33 bits per heavy atom. The average molecular weight is 295 g/mol. The third-order valence-corrected chi connectivity index (χ3v) is 4.03. The highest BCUT2D eigenvalue weighted by Gasteiger charge is 2.29. The highest BCUT2D eigenvalue weighted by Crippen LogP contribution is 2.34. The van der Waals surface area contributed by atoms with E-state index in [4.69, 9.17) is 10.5 Å². The Morgan fingerprint density at radius 3 is 2.43 bits per heavy atom. The maximum Gasteiger partial charge on any atom is 0.322 e. The molecule has 0 fully saturated rings. The Kier molecular flexibility index (Phi) is 6.34. The van der Waals surface area contributed by atoms with Crippen LogP contribution >= 0.6 is 0 Å². The van der Waals surface area contributed by atoms with Gasteiger partial charge in [0.05, 0.1) is 0 Å². The van der Waals surface area contributed by atoms with Crippen molar-refractivity contribution in [3.05, 3.63) is 35.1 Å². The van der Waals surface area contributed by atoms with Gasteiger partial charge in [0, 0.05) is 5.92 Å². The fourth-order valence-corrected chi connectivity index (χ4v) is 2.65. The first-order chi connectivity index (χ1) is 9.77. The van der Waals surface area contributed by atoms with Gasteiger partial charge >= 0.3 is 5.97 Å². The predicted octanol–water partition coefficient (Wildman–Crippen LogP) is 3.54. The Labute approximate surface area is 126 Å². The minimum Gasteiger partial charge on any atom is -0.461 e. The van der Waals surface area contributed by atoms with Crippen LogP contribution in [0.1, 0.15) is 51.2 Å². The Morgan fingerprint density at radius 2 is 1.95 bits per heavy atom. The van der Waals surface area contributed by atoms with Gasteiger partial charge in [-0.25, -0.2) is 4.39 Å². The molecule has 0 aliphatic rings. The van der Waals surface area contributed by atoms with Gasteiger partial charge in [0.25, 0.3) is 0 Å². The fourth-order valence-electron chi connectivity index (χ4n) is 2.65. The molecule has 1 unspecified atom stereocenters. The van der Waals surface area contributed by atoms with Crippen LogP contribution in [0, 0.1) is 18.7 Å². The molecular weight excluding hydrogens is 269 g/mol. The molecule has 0 heterocycles. The normalized spacial score (nSPS) is 16.9. The van der Waals surface area contributed by atoms with Crippen molar-refractivity contribution < 1.29 is 13.9 Å². The molecule has 0 bridgehead atoms. The van der Waals surface area contributed by atoms with Crippen LogP contribution in [0.15, 0.2) is 18.2 Å². The Bertz CT molecular complexity index is 488. The predicted molar refractivity (Wildman–Crippen MR) is 82.5 cm³/mol. The minimum absolute atomic E-state index is 0.0262. The van der Waals surface area contributed by atoms with E-state index >= 15 is 0 Å². The van der Waals surface area contributed by atoms with Crippen molar-refractivity contribution in [1.29, 1.82) is 0 Å². The van der Waals surface area contributed by atoms with Crippen LogP contribution in [0.25, 0.3) is 0 Å². The molecule has 0 saturated heterocycles. The maximum atomic E-state index is 13.3. The minimum atomic E-state index is -0.639. The molecule has 0 amide bonds. The van der Waals surface area contributed by atoms with Crippen LogP contribution in [-0.4, -0.2) is 18.1 Å². The van der Waals surface area contributed by atoms with Crippen LogP contribution < -0.4 is 5.73 Å². The van der Waals surface area contributed by atoms with Gasteiger partial charge < -0.3 is 10.5 Å². The number of hydrogen-bond donors (Lipinski definition) is 1. The van der Waals surface area contributed by atoms with E-state index in [-0.39, 0.29) is 17.8 Å². The largest absolute Gasteiger partial charge is 0.461 e. The first-order valence-corrected chi connectivity index (χ1v) is 7.50. The summed E-state index contributed by atoms with van der Waals surface area (Å²) >= 11 is 0. The summed E-state index contributed by atoms with van der Waals surface area (Å²) in [5, 5.41) is 0. The summed E-state index contributed by atoms with van der Waals surface area (Å²) < 4.78 is 18.8. The van der Waals surface area contributed by atoms with Crippen LogP contribution in [0.5, 0.6) is 0 Å². The summed E-state index contributed by atoms with van der Waals surface area (Å²) in [5.41, 5.74) is 7.46.